The third-order valence-corrected chi connectivity index (χ3v) is 6.87. The lowest BCUT2D eigenvalue weighted by atomic mass is 9.90. The van der Waals surface area contributed by atoms with Gasteiger partial charge in [0.2, 0.25) is 5.95 Å². The third-order valence-electron chi connectivity index (χ3n) is 6.62. The number of pyridine rings is 1. The van der Waals surface area contributed by atoms with E-state index in [2.05, 4.69) is 40.7 Å². The van der Waals surface area contributed by atoms with Crippen LogP contribution in [0.5, 0.6) is 0 Å². The van der Waals surface area contributed by atoms with Crippen molar-refractivity contribution in [1.29, 1.82) is 0 Å². The van der Waals surface area contributed by atoms with E-state index in [1.165, 1.54) is 11.6 Å². The number of anilines is 3. The van der Waals surface area contributed by atoms with E-state index in [-0.39, 0.29) is 5.69 Å². The minimum atomic E-state index is -4.45. The molecule has 0 spiro atoms. The fourth-order valence-corrected chi connectivity index (χ4v) is 4.93. The minimum Gasteiger partial charge on any atom is -0.349 e. The SMILES string of the molecule is Cc1nc2c(cc1Nc1ncc3c(n1)-c1ccc(C(F)(F)F)cc1NC(=S)C3)CC(N(C)C)CC2. The Morgan fingerprint density at radius 1 is 1.14 bits per heavy atom. The molecule has 6 nitrogen and oxygen atoms in total. The first-order valence-corrected chi connectivity index (χ1v) is 11.8. The number of aryl methyl sites for hydroxylation is 2. The highest BCUT2D eigenvalue weighted by Crippen LogP contribution is 2.38. The average Bonchev–Trinajstić information content (AvgIpc) is 2.93. The van der Waals surface area contributed by atoms with Crippen molar-refractivity contribution < 1.29 is 13.2 Å². The van der Waals surface area contributed by atoms with Crippen molar-refractivity contribution in [1.82, 2.24) is 19.9 Å². The molecule has 3 heterocycles. The van der Waals surface area contributed by atoms with Gasteiger partial charge in [-0.2, -0.15) is 13.2 Å². The normalized spacial score (nSPS) is 17.2. The van der Waals surface area contributed by atoms with Gasteiger partial charge in [0.05, 0.1) is 27.6 Å². The number of aromatic nitrogens is 3. The molecule has 1 atom stereocenters. The first-order valence-electron chi connectivity index (χ1n) is 11.4. The van der Waals surface area contributed by atoms with Gasteiger partial charge in [0, 0.05) is 41.2 Å². The van der Waals surface area contributed by atoms with Crippen molar-refractivity contribution in [2.24, 2.45) is 0 Å². The zero-order valence-electron chi connectivity index (χ0n) is 19.6. The van der Waals surface area contributed by atoms with Crippen molar-refractivity contribution in [3.05, 3.63) is 58.5 Å². The summed E-state index contributed by atoms with van der Waals surface area (Å²) in [4.78, 5) is 16.6. The minimum absolute atomic E-state index is 0.287. The second kappa shape index (κ2) is 8.83. The number of rotatable bonds is 3. The number of thiocarbonyl (C=S) groups is 1. The van der Waals surface area contributed by atoms with E-state index in [0.29, 0.717) is 34.7 Å². The van der Waals surface area contributed by atoms with E-state index in [1.54, 1.807) is 6.20 Å². The number of likely N-dealkylation sites (N-methyl/N-ethyl adjacent to an activating group) is 1. The fraction of sp³-hybridized carbons (Fsp3) is 0.360. The summed E-state index contributed by atoms with van der Waals surface area (Å²) in [5, 5.41) is 6.22. The van der Waals surface area contributed by atoms with Gasteiger partial charge in [-0.05, 0) is 64.0 Å². The van der Waals surface area contributed by atoms with Gasteiger partial charge in [-0.3, -0.25) is 4.98 Å². The molecule has 0 radical (unpaired) electrons. The molecule has 2 aromatic heterocycles. The van der Waals surface area contributed by atoms with E-state index in [1.807, 2.05) is 6.92 Å². The van der Waals surface area contributed by atoms with Crippen LogP contribution in [0.25, 0.3) is 11.3 Å². The summed E-state index contributed by atoms with van der Waals surface area (Å²) in [5.41, 5.74) is 5.40. The lowest BCUT2D eigenvalue weighted by molar-refractivity contribution is -0.137. The van der Waals surface area contributed by atoms with Crippen LogP contribution in [-0.4, -0.2) is 45.0 Å². The van der Waals surface area contributed by atoms with Crippen LogP contribution < -0.4 is 10.6 Å². The van der Waals surface area contributed by atoms with Gasteiger partial charge < -0.3 is 15.5 Å². The van der Waals surface area contributed by atoms with E-state index >= 15 is 0 Å². The van der Waals surface area contributed by atoms with E-state index in [0.717, 1.165) is 54.0 Å². The largest absolute Gasteiger partial charge is 0.416 e. The number of halogens is 3. The predicted octanol–water partition coefficient (Wildman–Crippen LogP) is 5.32. The lowest BCUT2D eigenvalue weighted by Gasteiger charge is -2.30. The summed E-state index contributed by atoms with van der Waals surface area (Å²) >= 11 is 5.35. The van der Waals surface area contributed by atoms with Gasteiger partial charge in [0.25, 0.3) is 0 Å². The van der Waals surface area contributed by atoms with E-state index in [9.17, 15) is 13.2 Å². The van der Waals surface area contributed by atoms with Gasteiger partial charge in [0.15, 0.2) is 0 Å². The molecule has 1 aliphatic carbocycles. The van der Waals surface area contributed by atoms with Crippen LogP contribution in [0.1, 0.15) is 34.5 Å². The number of alkyl halides is 3. The Bertz CT molecular complexity index is 1320. The molecule has 0 fully saturated rings. The molecule has 0 saturated carbocycles. The Labute approximate surface area is 207 Å². The number of hydrogen-bond acceptors (Lipinski definition) is 6. The molecule has 0 bridgehead atoms. The number of nitrogens with zero attached hydrogens (tertiary/aromatic N) is 4. The number of fused-ring (bicyclic) bond motifs is 4. The van der Waals surface area contributed by atoms with Crippen LogP contribution in [0.2, 0.25) is 0 Å². The zero-order valence-corrected chi connectivity index (χ0v) is 20.4. The highest BCUT2D eigenvalue weighted by molar-refractivity contribution is 7.80. The molecule has 182 valence electrons. The number of benzene rings is 1. The maximum absolute atomic E-state index is 13.3. The topological polar surface area (TPSA) is 66.0 Å². The van der Waals surface area contributed by atoms with Crippen molar-refractivity contribution in [2.45, 2.75) is 44.8 Å². The molecule has 35 heavy (non-hydrogen) atoms. The molecule has 3 aromatic rings. The highest BCUT2D eigenvalue weighted by atomic mass is 32.1. The smallest absolute Gasteiger partial charge is 0.349 e. The summed E-state index contributed by atoms with van der Waals surface area (Å²) in [5.74, 6) is 0.354. The van der Waals surface area contributed by atoms with Crippen LogP contribution in [0.15, 0.2) is 30.5 Å². The molecular formula is C25H25F3N6S. The van der Waals surface area contributed by atoms with Crippen molar-refractivity contribution in [3.63, 3.8) is 0 Å². The van der Waals surface area contributed by atoms with Gasteiger partial charge in [-0.25, -0.2) is 9.97 Å². The van der Waals surface area contributed by atoms with E-state index < -0.39 is 11.7 Å². The summed E-state index contributed by atoms with van der Waals surface area (Å²) in [6.07, 6.45) is 0.513. The Hall–Kier alpha value is -3.11. The van der Waals surface area contributed by atoms with Gasteiger partial charge in [-0.1, -0.05) is 18.3 Å². The quantitative estimate of drug-likeness (QED) is 0.474. The Kier molecular flexibility index (Phi) is 5.96. The standard InChI is InChI=1S/C25H25F3N6S/c1-13-20(9-14-8-17(34(2)3)5-7-19(14)30-13)32-24-29-12-15-10-22(35)31-21-11-16(25(26,27)28)4-6-18(21)23(15)33-24/h4,6,9,11-12,17H,5,7-8,10H2,1-3H3,(H,31,35)(H,29,32,33). The molecule has 1 aromatic carbocycles. The molecule has 5 rings (SSSR count). The van der Waals surface area contributed by atoms with E-state index in [4.69, 9.17) is 22.2 Å². The fourth-order valence-electron chi connectivity index (χ4n) is 4.66. The number of nitrogens with one attached hydrogen (secondary N) is 2. The molecule has 2 aliphatic rings. The molecule has 2 N–H and O–H groups in total. The predicted molar refractivity (Wildman–Crippen MR) is 134 cm³/mol. The van der Waals surface area contributed by atoms with Crippen molar-refractivity contribution >= 4 is 34.5 Å². The van der Waals surface area contributed by atoms with Crippen LogP contribution in [-0.2, 0) is 25.4 Å². The van der Waals surface area contributed by atoms with Crippen molar-refractivity contribution in [2.75, 3.05) is 24.7 Å². The first-order chi connectivity index (χ1) is 16.6. The second-order valence-corrected chi connectivity index (χ2v) is 9.76. The number of hydrogen-bond donors (Lipinski definition) is 2. The molecule has 1 unspecified atom stereocenters. The van der Waals surface area contributed by atoms with Crippen LogP contribution in [0.4, 0.5) is 30.5 Å². The molecular weight excluding hydrogens is 473 g/mol. The Morgan fingerprint density at radius 2 is 1.94 bits per heavy atom. The van der Waals surface area contributed by atoms with Gasteiger partial charge in [0.1, 0.15) is 0 Å². The Morgan fingerprint density at radius 3 is 2.69 bits per heavy atom. The molecule has 0 amide bonds. The first kappa shape index (κ1) is 23.6. The monoisotopic (exact) mass is 498 g/mol. The van der Waals surface area contributed by atoms with Crippen LogP contribution in [0.3, 0.4) is 0 Å². The maximum atomic E-state index is 13.3. The summed E-state index contributed by atoms with van der Waals surface area (Å²) in [6, 6.07) is 6.15. The molecule has 0 saturated heterocycles. The van der Waals surface area contributed by atoms with Gasteiger partial charge >= 0.3 is 6.18 Å². The molecule has 10 heteroatoms. The van der Waals surface area contributed by atoms with Crippen molar-refractivity contribution in [3.8, 4) is 11.3 Å². The summed E-state index contributed by atoms with van der Waals surface area (Å²) < 4.78 is 39.8. The average molecular weight is 499 g/mol. The lowest BCUT2D eigenvalue weighted by Crippen LogP contribution is -2.34. The van der Waals surface area contributed by atoms with Crippen LogP contribution in [0, 0.1) is 6.92 Å². The highest BCUT2D eigenvalue weighted by Gasteiger charge is 2.32. The van der Waals surface area contributed by atoms with Gasteiger partial charge in [-0.15, -0.1) is 0 Å². The van der Waals surface area contributed by atoms with Crippen LogP contribution >= 0.6 is 12.2 Å². The second-order valence-electron chi connectivity index (χ2n) is 9.26. The summed E-state index contributed by atoms with van der Waals surface area (Å²) in [7, 11) is 4.19. The zero-order chi connectivity index (χ0) is 24.9. The summed E-state index contributed by atoms with van der Waals surface area (Å²) in [6.45, 7) is 1.94. The molecule has 1 aliphatic heterocycles. The maximum Gasteiger partial charge on any atom is 0.416 e. The third kappa shape index (κ3) is 4.72. The Balaban J connectivity index is 1.51.